The lowest BCUT2D eigenvalue weighted by atomic mass is 9.98. The van der Waals surface area contributed by atoms with E-state index in [1.807, 2.05) is 12.1 Å². The van der Waals surface area contributed by atoms with E-state index in [1.54, 1.807) is 18.2 Å². The summed E-state index contributed by atoms with van der Waals surface area (Å²) in [5.41, 5.74) is 8.35. The van der Waals surface area contributed by atoms with Crippen molar-refractivity contribution in [1.82, 2.24) is 4.98 Å². The molecule has 5 heteroatoms. The summed E-state index contributed by atoms with van der Waals surface area (Å²) in [4.78, 5) is 4.19. The number of nitrogens with zero attached hydrogens (tertiary/aromatic N) is 2. The monoisotopic (exact) mass is 285 g/mol. The number of benzene rings is 1. The van der Waals surface area contributed by atoms with E-state index in [9.17, 15) is 0 Å². The number of oxime groups is 1. The molecule has 0 fully saturated rings. The SMILES string of the molecule is Cc1cc(Oc2cccc(C(N)=NO)n2)ccc1C(C)C. The van der Waals surface area contributed by atoms with Crippen LogP contribution >= 0.6 is 0 Å². The average Bonchev–Trinajstić information content (AvgIpc) is 2.46. The fourth-order valence-corrected chi connectivity index (χ4v) is 2.15. The quantitative estimate of drug-likeness (QED) is 0.390. The van der Waals surface area contributed by atoms with Crippen molar-refractivity contribution in [1.29, 1.82) is 0 Å². The molecule has 0 amide bonds. The highest BCUT2D eigenvalue weighted by Gasteiger charge is 2.07. The van der Waals surface area contributed by atoms with E-state index in [2.05, 4.69) is 37.0 Å². The van der Waals surface area contributed by atoms with Crippen LogP contribution in [-0.4, -0.2) is 16.0 Å². The Balaban J connectivity index is 2.24. The van der Waals surface area contributed by atoms with Gasteiger partial charge in [-0.2, -0.15) is 0 Å². The molecule has 0 atom stereocenters. The maximum Gasteiger partial charge on any atom is 0.219 e. The van der Waals surface area contributed by atoms with Crippen LogP contribution in [0.2, 0.25) is 0 Å². The molecule has 0 spiro atoms. The number of hydrogen-bond acceptors (Lipinski definition) is 4. The van der Waals surface area contributed by atoms with Crippen LogP contribution in [0.15, 0.2) is 41.6 Å². The fraction of sp³-hybridized carbons (Fsp3) is 0.250. The highest BCUT2D eigenvalue weighted by atomic mass is 16.5. The van der Waals surface area contributed by atoms with Gasteiger partial charge >= 0.3 is 0 Å². The molecule has 0 aliphatic rings. The summed E-state index contributed by atoms with van der Waals surface area (Å²) in [6, 6.07) is 11.1. The maximum absolute atomic E-state index is 8.67. The minimum atomic E-state index is -0.0493. The van der Waals surface area contributed by atoms with Crippen molar-refractivity contribution >= 4 is 5.84 Å². The van der Waals surface area contributed by atoms with Crippen molar-refractivity contribution in [2.24, 2.45) is 10.9 Å². The number of hydrogen-bond donors (Lipinski definition) is 2. The van der Waals surface area contributed by atoms with Gasteiger partial charge in [-0.15, -0.1) is 0 Å². The Morgan fingerprint density at radius 1 is 1.29 bits per heavy atom. The van der Waals surface area contributed by atoms with Crippen LogP contribution in [0.3, 0.4) is 0 Å². The summed E-state index contributed by atoms with van der Waals surface area (Å²) in [5, 5.41) is 11.6. The number of nitrogens with two attached hydrogens (primary N) is 1. The van der Waals surface area contributed by atoms with Gasteiger partial charge in [-0.25, -0.2) is 4.98 Å². The summed E-state index contributed by atoms with van der Waals surface area (Å²) in [6.45, 7) is 6.37. The van der Waals surface area contributed by atoms with Crippen LogP contribution in [0.25, 0.3) is 0 Å². The largest absolute Gasteiger partial charge is 0.439 e. The van der Waals surface area contributed by atoms with Gasteiger partial charge in [0.2, 0.25) is 5.88 Å². The van der Waals surface area contributed by atoms with Crippen LogP contribution in [0.1, 0.15) is 36.6 Å². The van der Waals surface area contributed by atoms with Gasteiger partial charge < -0.3 is 15.7 Å². The lowest BCUT2D eigenvalue weighted by Gasteiger charge is -2.12. The molecule has 0 aliphatic carbocycles. The normalized spacial score (nSPS) is 11.7. The first-order valence-electron chi connectivity index (χ1n) is 6.74. The third-order valence-corrected chi connectivity index (χ3v) is 3.18. The summed E-state index contributed by atoms with van der Waals surface area (Å²) >= 11 is 0. The minimum Gasteiger partial charge on any atom is -0.439 e. The van der Waals surface area contributed by atoms with Crippen molar-refractivity contribution in [3.63, 3.8) is 0 Å². The van der Waals surface area contributed by atoms with Gasteiger partial charge in [0.25, 0.3) is 0 Å². The lowest BCUT2D eigenvalue weighted by molar-refractivity contribution is 0.318. The van der Waals surface area contributed by atoms with E-state index in [4.69, 9.17) is 15.7 Å². The first-order valence-corrected chi connectivity index (χ1v) is 6.74. The Kier molecular flexibility index (Phi) is 4.42. The first-order chi connectivity index (χ1) is 10.0. The molecule has 5 nitrogen and oxygen atoms in total. The number of amidine groups is 1. The van der Waals surface area contributed by atoms with Gasteiger partial charge in [-0.3, -0.25) is 0 Å². The van der Waals surface area contributed by atoms with Crippen molar-refractivity contribution < 1.29 is 9.94 Å². The molecule has 3 N–H and O–H groups in total. The summed E-state index contributed by atoms with van der Waals surface area (Å²) in [5.74, 6) is 1.53. The number of pyridine rings is 1. The molecule has 0 unspecified atom stereocenters. The summed E-state index contributed by atoms with van der Waals surface area (Å²) < 4.78 is 5.73. The second-order valence-electron chi connectivity index (χ2n) is 5.12. The average molecular weight is 285 g/mol. The molecular weight excluding hydrogens is 266 g/mol. The summed E-state index contributed by atoms with van der Waals surface area (Å²) in [6.07, 6.45) is 0. The van der Waals surface area contributed by atoms with E-state index >= 15 is 0 Å². The maximum atomic E-state index is 8.67. The third kappa shape index (κ3) is 3.51. The van der Waals surface area contributed by atoms with Gasteiger partial charge in [0.05, 0.1) is 0 Å². The molecule has 0 radical (unpaired) electrons. The zero-order valence-electron chi connectivity index (χ0n) is 12.4. The Hall–Kier alpha value is -2.56. The topological polar surface area (TPSA) is 80.7 Å². The summed E-state index contributed by atoms with van der Waals surface area (Å²) in [7, 11) is 0. The number of aryl methyl sites for hydroxylation is 1. The number of ether oxygens (including phenoxy) is 1. The van der Waals surface area contributed by atoms with Crippen molar-refractivity contribution in [2.75, 3.05) is 0 Å². The molecule has 1 aromatic carbocycles. The van der Waals surface area contributed by atoms with Crippen LogP contribution in [0.4, 0.5) is 0 Å². The molecule has 21 heavy (non-hydrogen) atoms. The first kappa shape index (κ1) is 14.8. The van der Waals surface area contributed by atoms with E-state index in [0.717, 1.165) is 0 Å². The van der Waals surface area contributed by atoms with Gasteiger partial charge in [0.1, 0.15) is 11.4 Å². The molecule has 0 aliphatic heterocycles. The zero-order chi connectivity index (χ0) is 15.4. The van der Waals surface area contributed by atoms with Crippen molar-refractivity contribution in [2.45, 2.75) is 26.7 Å². The highest BCUT2D eigenvalue weighted by molar-refractivity contribution is 5.95. The molecule has 110 valence electrons. The van der Waals surface area contributed by atoms with Crippen LogP contribution < -0.4 is 10.5 Å². The molecule has 2 rings (SSSR count). The highest BCUT2D eigenvalue weighted by Crippen LogP contribution is 2.26. The van der Waals surface area contributed by atoms with Gasteiger partial charge in [0, 0.05) is 6.07 Å². The Morgan fingerprint density at radius 3 is 2.67 bits per heavy atom. The van der Waals surface area contributed by atoms with Crippen molar-refractivity contribution in [3.8, 4) is 11.6 Å². The van der Waals surface area contributed by atoms with E-state index in [-0.39, 0.29) is 5.84 Å². The fourth-order valence-electron chi connectivity index (χ4n) is 2.15. The van der Waals surface area contributed by atoms with Crippen LogP contribution in [0.5, 0.6) is 11.6 Å². The number of aromatic nitrogens is 1. The standard InChI is InChI=1S/C16H19N3O2/c1-10(2)13-8-7-12(9-11(13)3)21-15-6-4-5-14(18-15)16(17)19-20/h4-10,20H,1-3H3,(H2,17,19). The molecule has 0 saturated carbocycles. The Morgan fingerprint density at radius 2 is 2.05 bits per heavy atom. The van der Waals surface area contributed by atoms with Gasteiger partial charge in [-0.1, -0.05) is 31.1 Å². The molecule has 1 aromatic heterocycles. The minimum absolute atomic E-state index is 0.0493. The lowest BCUT2D eigenvalue weighted by Crippen LogP contribution is -2.14. The van der Waals surface area contributed by atoms with Gasteiger partial charge in [-0.05, 0) is 42.2 Å². The van der Waals surface area contributed by atoms with Crippen LogP contribution in [-0.2, 0) is 0 Å². The predicted octanol–water partition coefficient (Wildman–Crippen LogP) is 3.40. The number of rotatable bonds is 4. The van der Waals surface area contributed by atoms with Crippen LogP contribution in [0, 0.1) is 6.92 Å². The predicted molar refractivity (Wildman–Crippen MR) is 82.1 cm³/mol. The molecular formula is C16H19N3O2. The second-order valence-corrected chi connectivity index (χ2v) is 5.12. The van der Waals surface area contributed by atoms with E-state index in [1.165, 1.54) is 11.1 Å². The molecule has 2 aromatic rings. The van der Waals surface area contributed by atoms with Gasteiger partial charge in [0.15, 0.2) is 5.84 Å². The zero-order valence-corrected chi connectivity index (χ0v) is 12.4. The van der Waals surface area contributed by atoms with Crippen molar-refractivity contribution in [3.05, 3.63) is 53.2 Å². The molecule has 1 heterocycles. The second kappa shape index (κ2) is 6.26. The smallest absolute Gasteiger partial charge is 0.219 e. The van der Waals surface area contributed by atoms with E-state index in [0.29, 0.717) is 23.2 Å². The Labute approximate surface area is 124 Å². The molecule has 0 bridgehead atoms. The van der Waals surface area contributed by atoms with E-state index < -0.39 is 0 Å². The Bertz CT molecular complexity index is 666. The molecule has 0 saturated heterocycles. The third-order valence-electron chi connectivity index (χ3n) is 3.18.